The van der Waals surface area contributed by atoms with Gasteiger partial charge in [0.05, 0.1) is 0 Å². The van der Waals surface area contributed by atoms with Gasteiger partial charge in [-0.25, -0.2) is 13.8 Å². The highest BCUT2D eigenvalue weighted by molar-refractivity contribution is 5.90. The molecule has 0 aliphatic heterocycles. The van der Waals surface area contributed by atoms with Crippen molar-refractivity contribution in [3.8, 4) is 0 Å². The fourth-order valence-corrected chi connectivity index (χ4v) is 2.30. The van der Waals surface area contributed by atoms with Crippen LogP contribution >= 0.6 is 0 Å². The van der Waals surface area contributed by atoms with Crippen molar-refractivity contribution in [2.45, 2.75) is 19.8 Å². The lowest BCUT2D eigenvalue weighted by Crippen LogP contribution is -2.12. The Bertz CT molecular complexity index is 874. The molecule has 0 unspecified atom stereocenters. The van der Waals surface area contributed by atoms with Crippen molar-refractivity contribution in [1.82, 2.24) is 4.98 Å². The summed E-state index contributed by atoms with van der Waals surface area (Å²) in [5.41, 5.74) is 2.64. The van der Waals surface area contributed by atoms with E-state index in [-0.39, 0.29) is 18.0 Å². The maximum atomic E-state index is 13.1. The summed E-state index contributed by atoms with van der Waals surface area (Å²) in [5.74, 6) is -1.62. The molecule has 118 valence electrons. The number of hydrogen-bond acceptors (Lipinski definition) is 3. The van der Waals surface area contributed by atoms with Gasteiger partial charge in [-0.1, -0.05) is 6.07 Å². The van der Waals surface area contributed by atoms with Gasteiger partial charge in [-0.2, -0.15) is 0 Å². The Labute approximate surface area is 131 Å². The Balaban J connectivity index is 1.62. The van der Waals surface area contributed by atoms with Crippen molar-refractivity contribution < 1.29 is 18.0 Å². The smallest absolute Gasteiger partial charge is 0.224 e. The van der Waals surface area contributed by atoms with Gasteiger partial charge in [-0.15, -0.1) is 0 Å². The minimum Gasteiger partial charge on any atom is -0.441 e. The third-order valence-corrected chi connectivity index (χ3v) is 3.40. The van der Waals surface area contributed by atoms with Crippen LogP contribution in [-0.2, 0) is 11.2 Å². The number of carbonyl (C=O) groups is 1. The van der Waals surface area contributed by atoms with Crippen molar-refractivity contribution >= 4 is 22.7 Å². The van der Waals surface area contributed by atoms with Crippen LogP contribution in [0, 0.1) is 18.6 Å². The Morgan fingerprint density at radius 1 is 1.17 bits per heavy atom. The molecule has 2 aromatic carbocycles. The first-order chi connectivity index (χ1) is 11.0. The molecule has 0 fully saturated rings. The monoisotopic (exact) mass is 316 g/mol. The molecule has 0 saturated heterocycles. The zero-order valence-electron chi connectivity index (χ0n) is 12.4. The molecule has 1 heterocycles. The number of hydrogen-bond donors (Lipinski definition) is 1. The van der Waals surface area contributed by atoms with E-state index >= 15 is 0 Å². The van der Waals surface area contributed by atoms with E-state index in [1.807, 2.05) is 18.2 Å². The van der Waals surface area contributed by atoms with Gasteiger partial charge in [0.1, 0.15) is 5.52 Å². The lowest BCUT2D eigenvalue weighted by atomic mass is 10.1. The Kier molecular flexibility index (Phi) is 4.06. The summed E-state index contributed by atoms with van der Waals surface area (Å²) in [5, 5.41) is 2.54. The van der Waals surface area contributed by atoms with Crippen LogP contribution in [0.3, 0.4) is 0 Å². The molecule has 0 bridgehead atoms. The number of anilines is 1. The zero-order chi connectivity index (χ0) is 16.4. The molecule has 0 saturated carbocycles. The molecule has 1 amide bonds. The second kappa shape index (κ2) is 6.16. The van der Waals surface area contributed by atoms with E-state index in [0.29, 0.717) is 17.9 Å². The molecular formula is C17H14F2N2O2. The number of carbonyl (C=O) groups excluding carboxylic acids is 1. The van der Waals surface area contributed by atoms with Crippen molar-refractivity contribution in [1.29, 1.82) is 0 Å². The minimum atomic E-state index is -0.991. The van der Waals surface area contributed by atoms with Gasteiger partial charge in [0.2, 0.25) is 5.91 Å². The van der Waals surface area contributed by atoms with E-state index in [0.717, 1.165) is 23.2 Å². The van der Waals surface area contributed by atoms with Crippen LogP contribution in [0.5, 0.6) is 0 Å². The van der Waals surface area contributed by atoms with E-state index in [9.17, 15) is 13.6 Å². The summed E-state index contributed by atoms with van der Waals surface area (Å²) in [6.45, 7) is 1.77. The lowest BCUT2D eigenvalue weighted by Gasteiger charge is -2.06. The average Bonchev–Trinajstić information content (AvgIpc) is 2.88. The molecule has 0 aliphatic carbocycles. The van der Waals surface area contributed by atoms with Gasteiger partial charge in [-0.05, 0) is 36.2 Å². The second-order valence-corrected chi connectivity index (χ2v) is 5.21. The maximum absolute atomic E-state index is 13.1. The highest BCUT2D eigenvalue weighted by Crippen LogP contribution is 2.18. The summed E-state index contributed by atoms with van der Waals surface area (Å²) in [6, 6.07) is 8.82. The van der Waals surface area contributed by atoms with Gasteiger partial charge < -0.3 is 9.73 Å². The number of oxazole rings is 1. The fraction of sp³-hybridized carbons (Fsp3) is 0.176. The van der Waals surface area contributed by atoms with E-state index in [1.165, 1.54) is 6.07 Å². The number of benzene rings is 2. The molecule has 23 heavy (non-hydrogen) atoms. The molecule has 4 nitrogen and oxygen atoms in total. The fourth-order valence-electron chi connectivity index (χ4n) is 2.30. The molecule has 3 rings (SSSR count). The number of rotatable bonds is 4. The van der Waals surface area contributed by atoms with Gasteiger partial charge in [0.25, 0.3) is 0 Å². The third kappa shape index (κ3) is 3.53. The third-order valence-electron chi connectivity index (χ3n) is 3.40. The molecule has 0 radical (unpaired) electrons. The summed E-state index contributed by atoms with van der Waals surface area (Å²) in [6.07, 6.45) is 0.735. The van der Waals surface area contributed by atoms with Crippen molar-refractivity contribution in [3.05, 3.63) is 59.5 Å². The average molecular weight is 316 g/mol. The van der Waals surface area contributed by atoms with Gasteiger partial charge >= 0.3 is 0 Å². The first-order valence-corrected chi connectivity index (χ1v) is 7.12. The molecule has 1 aromatic heterocycles. The van der Waals surface area contributed by atoms with Gasteiger partial charge in [-0.3, -0.25) is 4.79 Å². The largest absolute Gasteiger partial charge is 0.441 e. The Morgan fingerprint density at radius 2 is 2.00 bits per heavy atom. The number of aryl methyl sites for hydroxylation is 2. The molecule has 0 spiro atoms. The standard InChI is InChI=1S/C17H14F2N2O2/c1-10-20-15-8-11(2-6-16(15)23-10)3-7-17(22)21-12-4-5-13(18)14(19)9-12/h2,4-6,8-9H,3,7H2,1H3,(H,21,22). The summed E-state index contributed by atoms with van der Waals surface area (Å²) < 4.78 is 31.3. The second-order valence-electron chi connectivity index (χ2n) is 5.21. The SMILES string of the molecule is Cc1nc2cc(CCC(=O)Nc3ccc(F)c(F)c3)ccc2o1. The van der Waals surface area contributed by atoms with Crippen LogP contribution in [0.4, 0.5) is 14.5 Å². The van der Waals surface area contributed by atoms with Crippen molar-refractivity contribution in [2.24, 2.45) is 0 Å². The van der Waals surface area contributed by atoms with E-state index in [2.05, 4.69) is 10.3 Å². The first-order valence-electron chi connectivity index (χ1n) is 7.12. The number of nitrogens with one attached hydrogen (secondary N) is 1. The first kappa shape index (κ1) is 15.1. The minimum absolute atomic E-state index is 0.224. The van der Waals surface area contributed by atoms with E-state index < -0.39 is 11.6 Å². The highest BCUT2D eigenvalue weighted by atomic mass is 19.2. The summed E-state index contributed by atoms with van der Waals surface area (Å²) in [7, 11) is 0. The predicted octanol–water partition coefficient (Wildman–Crippen LogP) is 3.99. The molecule has 1 N–H and O–H groups in total. The van der Waals surface area contributed by atoms with Crippen molar-refractivity contribution in [2.75, 3.05) is 5.32 Å². The van der Waals surface area contributed by atoms with Gasteiger partial charge in [0, 0.05) is 25.1 Å². The van der Waals surface area contributed by atoms with Crippen molar-refractivity contribution in [3.63, 3.8) is 0 Å². The summed E-state index contributed by atoms with van der Waals surface area (Å²) >= 11 is 0. The molecule has 3 aromatic rings. The maximum Gasteiger partial charge on any atom is 0.224 e. The van der Waals surface area contributed by atoms with Gasteiger partial charge in [0.15, 0.2) is 23.1 Å². The molecule has 0 aliphatic rings. The van der Waals surface area contributed by atoms with Crippen LogP contribution in [0.15, 0.2) is 40.8 Å². The lowest BCUT2D eigenvalue weighted by molar-refractivity contribution is -0.116. The molecule has 6 heteroatoms. The number of halogens is 2. The van der Waals surface area contributed by atoms with E-state index in [1.54, 1.807) is 6.92 Å². The highest BCUT2D eigenvalue weighted by Gasteiger charge is 2.08. The van der Waals surface area contributed by atoms with Crippen LogP contribution in [0.25, 0.3) is 11.1 Å². The number of fused-ring (bicyclic) bond motifs is 1. The molecule has 0 atom stereocenters. The topological polar surface area (TPSA) is 55.1 Å². The zero-order valence-corrected chi connectivity index (χ0v) is 12.4. The van der Waals surface area contributed by atoms with Crippen LogP contribution in [0.2, 0.25) is 0 Å². The van der Waals surface area contributed by atoms with Crippen LogP contribution in [0.1, 0.15) is 17.9 Å². The normalized spacial score (nSPS) is 10.9. The Hall–Kier alpha value is -2.76. The van der Waals surface area contributed by atoms with Crippen LogP contribution in [-0.4, -0.2) is 10.9 Å². The van der Waals surface area contributed by atoms with Crippen LogP contribution < -0.4 is 5.32 Å². The quantitative estimate of drug-likeness (QED) is 0.792. The predicted molar refractivity (Wildman–Crippen MR) is 82.1 cm³/mol. The number of amides is 1. The summed E-state index contributed by atoms with van der Waals surface area (Å²) in [4.78, 5) is 16.1. The number of nitrogens with zero attached hydrogens (tertiary/aromatic N) is 1. The number of aromatic nitrogens is 1. The molecular weight excluding hydrogens is 302 g/mol. The van der Waals surface area contributed by atoms with E-state index in [4.69, 9.17) is 4.42 Å². The Morgan fingerprint density at radius 3 is 2.78 bits per heavy atom.